The van der Waals surface area contributed by atoms with Gasteiger partial charge in [0.1, 0.15) is 5.82 Å². The molecule has 1 aromatic carbocycles. The summed E-state index contributed by atoms with van der Waals surface area (Å²) in [6.07, 6.45) is 1.92. The lowest BCUT2D eigenvalue weighted by Gasteiger charge is -2.27. The molecule has 2 atom stereocenters. The fourth-order valence-corrected chi connectivity index (χ4v) is 2.54. The van der Waals surface area contributed by atoms with Gasteiger partial charge in [0, 0.05) is 12.7 Å². The van der Waals surface area contributed by atoms with Crippen LogP contribution in [0.1, 0.15) is 42.5 Å². The Bertz CT molecular complexity index is 369. The minimum Gasteiger partial charge on any atom is -0.379 e. The maximum atomic E-state index is 14.2. The van der Waals surface area contributed by atoms with Crippen molar-refractivity contribution in [1.82, 2.24) is 5.32 Å². The van der Waals surface area contributed by atoms with Gasteiger partial charge < -0.3 is 10.1 Å². The first-order valence-corrected chi connectivity index (χ1v) is 6.51. The van der Waals surface area contributed by atoms with E-state index in [1.54, 1.807) is 13.2 Å². The van der Waals surface area contributed by atoms with E-state index < -0.39 is 0 Å². The molecule has 0 spiro atoms. The van der Waals surface area contributed by atoms with Gasteiger partial charge >= 0.3 is 0 Å². The van der Waals surface area contributed by atoms with E-state index in [1.807, 2.05) is 27.0 Å². The van der Waals surface area contributed by atoms with Gasteiger partial charge in [0.05, 0.1) is 12.1 Å². The van der Waals surface area contributed by atoms with E-state index in [-0.39, 0.29) is 18.0 Å². The van der Waals surface area contributed by atoms with Crippen molar-refractivity contribution in [1.29, 1.82) is 0 Å². The van der Waals surface area contributed by atoms with Gasteiger partial charge in [-0.2, -0.15) is 0 Å². The zero-order valence-electron chi connectivity index (χ0n) is 12.0. The minimum atomic E-state index is -0.148. The van der Waals surface area contributed by atoms with E-state index in [0.29, 0.717) is 0 Å². The molecular weight excluding hydrogens is 229 g/mol. The van der Waals surface area contributed by atoms with Crippen LogP contribution in [-0.4, -0.2) is 20.3 Å². The second kappa shape index (κ2) is 6.86. The van der Waals surface area contributed by atoms with E-state index in [0.717, 1.165) is 29.5 Å². The van der Waals surface area contributed by atoms with Gasteiger partial charge in [0.15, 0.2) is 0 Å². The summed E-state index contributed by atoms with van der Waals surface area (Å²) in [7, 11) is 3.54. The molecule has 3 heteroatoms. The Kier molecular flexibility index (Phi) is 5.76. The van der Waals surface area contributed by atoms with Crippen molar-refractivity contribution in [3.63, 3.8) is 0 Å². The lowest BCUT2D eigenvalue weighted by atomic mass is 9.93. The predicted octanol–water partition coefficient (Wildman–Crippen LogP) is 3.52. The Morgan fingerprint density at radius 1 is 1.33 bits per heavy atom. The van der Waals surface area contributed by atoms with Gasteiger partial charge in [-0.3, -0.25) is 0 Å². The van der Waals surface area contributed by atoms with Crippen molar-refractivity contribution in [2.45, 2.75) is 45.8 Å². The standard InChI is InChI=1S/C15H24FNO/c1-6-7-13(18-5)15(17-4)14-11(3)8-10(2)9-12(14)16/h8-9,13,15,17H,6-7H2,1-5H3. The Morgan fingerprint density at radius 2 is 2.00 bits per heavy atom. The third kappa shape index (κ3) is 3.30. The van der Waals surface area contributed by atoms with Crippen LogP contribution < -0.4 is 5.32 Å². The number of nitrogens with one attached hydrogen (secondary N) is 1. The molecule has 0 aliphatic rings. The zero-order valence-corrected chi connectivity index (χ0v) is 12.0. The van der Waals surface area contributed by atoms with E-state index in [9.17, 15) is 4.39 Å². The van der Waals surface area contributed by atoms with Gasteiger partial charge in [-0.25, -0.2) is 4.39 Å². The third-order valence-electron chi connectivity index (χ3n) is 3.35. The predicted molar refractivity (Wildman–Crippen MR) is 73.4 cm³/mol. The zero-order chi connectivity index (χ0) is 13.7. The third-order valence-corrected chi connectivity index (χ3v) is 3.35. The summed E-state index contributed by atoms with van der Waals surface area (Å²) in [5.41, 5.74) is 2.65. The number of halogens is 1. The molecule has 1 N–H and O–H groups in total. The SMILES string of the molecule is CCCC(OC)C(NC)c1c(C)cc(C)cc1F. The Morgan fingerprint density at radius 3 is 2.44 bits per heavy atom. The summed E-state index contributed by atoms with van der Waals surface area (Å²) in [5.74, 6) is -0.148. The van der Waals surface area contributed by atoms with Crippen molar-refractivity contribution in [2.75, 3.05) is 14.2 Å². The first-order valence-electron chi connectivity index (χ1n) is 6.51. The smallest absolute Gasteiger partial charge is 0.128 e. The molecule has 102 valence electrons. The molecule has 0 fully saturated rings. The number of methoxy groups -OCH3 is 1. The van der Waals surface area contributed by atoms with E-state index in [4.69, 9.17) is 4.74 Å². The largest absolute Gasteiger partial charge is 0.379 e. The van der Waals surface area contributed by atoms with Crippen LogP contribution in [0.3, 0.4) is 0 Å². The van der Waals surface area contributed by atoms with Crippen molar-refractivity contribution in [3.05, 3.63) is 34.6 Å². The van der Waals surface area contributed by atoms with Crippen LogP contribution in [0.25, 0.3) is 0 Å². The normalized spacial score (nSPS) is 14.6. The average Bonchev–Trinajstić information content (AvgIpc) is 2.31. The number of benzene rings is 1. The minimum absolute atomic E-state index is 0.00379. The summed E-state index contributed by atoms with van der Waals surface area (Å²) in [6, 6.07) is 3.50. The van der Waals surface area contributed by atoms with Gasteiger partial charge in [-0.05, 0) is 44.5 Å². The fraction of sp³-hybridized carbons (Fsp3) is 0.600. The van der Waals surface area contributed by atoms with Crippen molar-refractivity contribution >= 4 is 0 Å². The monoisotopic (exact) mass is 253 g/mol. The summed E-state index contributed by atoms with van der Waals surface area (Å²) < 4.78 is 19.7. The molecule has 1 aromatic rings. The number of ether oxygens (including phenoxy) is 1. The van der Waals surface area contributed by atoms with Gasteiger partial charge in [-0.15, -0.1) is 0 Å². The fourth-order valence-electron chi connectivity index (χ4n) is 2.54. The number of hydrogen-bond donors (Lipinski definition) is 1. The quantitative estimate of drug-likeness (QED) is 0.837. The van der Waals surface area contributed by atoms with Crippen LogP contribution in [0.2, 0.25) is 0 Å². The molecule has 0 aliphatic carbocycles. The van der Waals surface area contributed by atoms with Crippen molar-refractivity contribution in [2.24, 2.45) is 0 Å². The highest BCUT2D eigenvalue weighted by Gasteiger charge is 2.25. The molecule has 0 heterocycles. The van der Waals surface area contributed by atoms with Crippen molar-refractivity contribution in [3.8, 4) is 0 Å². The Balaban J connectivity index is 3.15. The second-order valence-corrected chi connectivity index (χ2v) is 4.81. The van der Waals surface area contributed by atoms with Crippen molar-refractivity contribution < 1.29 is 9.13 Å². The first kappa shape index (κ1) is 15.1. The highest BCUT2D eigenvalue weighted by molar-refractivity contribution is 5.35. The number of likely N-dealkylation sites (N-methyl/N-ethyl adjacent to an activating group) is 1. The highest BCUT2D eigenvalue weighted by atomic mass is 19.1. The molecule has 0 radical (unpaired) electrons. The maximum Gasteiger partial charge on any atom is 0.128 e. The molecule has 0 aromatic heterocycles. The lowest BCUT2D eigenvalue weighted by Crippen LogP contribution is -2.32. The summed E-state index contributed by atoms with van der Waals surface area (Å²) >= 11 is 0. The van der Waals surface area contributed by atoms with Gasteiger partial charge in [-0.1, -0.05) is 19.4 Å². The highest BCUT2D eigenvalue weighted by Crippen LogP contribution is 2.28. The molecule has 0 saturated carbocycles. The number of rotatable bonds is 6. The van der Waals surface area contributed by atoms with E-state index in [2.05, 4.69) is 12.2 Å². The molecule has 18 heavy (non-hydrogen) atoms. The van der Waals surface area contributed by atoms with Crippen LogP contribution in [0, 0.1) is 19.7 Å². The van der Waals surface area contributed by atoms with Crippen LogP contribution >= 0.6 is 0 Å². The van der Waals surface area contributed by atoms with Gasteiger partial charge in [0.2, 0.25) is 0 Å². The Hall–Kier alpha value is -0.930. The Labute approximate surface area is 110 Å². The van der Waals surface area contributed by atoms with E-state index in [1.165, 1.54) is 0 Å². The lowest BCUT2D eigenvalue weighted by molar-refractivity contribution is 0.0617. The van der Waals surface area contributed by atoms with E-state index >= 15 is 0 Å². The van der Waals surface area contributed by atoms with Crippen LogP contribution in [0.4, 0.5) is 4.39 Å². The number of aryl methyl sites for hydroxylation is 2. The first-order chi connectivity index (χ1) is 8.54. The second-order valence-electron chi connectivity index (χ2n) is 4.81. The molecule has 2 nitrogen and oxygen atoms in total. The molecule has 0 aliphatic heterocycles. The molecule has 0 saturated heterocycles. The van der Waals surface area contributed by atoms with Crippen LogP contribution in [0.15, 0.2) is 12.1 Å². The van der Waals surface area contributed by atoms with Crippen LogP contribution in [-0.2, 0) is 4.74 Å². The summed E-state index contributed by atoms with van der Waals surface area (Å²) in [5, 5.41) is 3.19. The molecular formula is C15H24FNO. The molecule has 0 amide bonds. The van der Waals surface area contributed by atoms with Crippen LogP contribution in [0.5, 0.6) is 0 Å². The topological polar surface area (TPSA) is 21.3 Å². The maximum absolute atomic E-state index is 14.2. The summed E-state index contributed by atoms with van der Waals surface area (Å²) in [4.78, 5) is 0. The molecule has 1 rings (SSSR count). The summed E-state index contributed by atoms with van der Waals surface area (Å²) in [6.45, 7) is 5.97. The average molecular weight is 253 g/mol. The number of hydrogen-bond acceptors (Lipinski definition) is 2. The van der Waals surface area contributed by atoms with Gasteiger partial charge in [0.25, 0.3) is 0 Å². The molecule has 0 bridgehead atoms. The molecule has 2 unspecified atom stereocenters.